The lowest BCUT2D eigenvalue weighted by Crippen LogP contribution is -2.18. The van der Waals surface area contributed by atoms with Gasteiger partial charge in [-0.05, 0) is 42.0 Å². The van der Waals surface area contributed by atoms with Gasteiger partial charge in [0.05, 0.1) is 18.4 Å². The summed E-state index contributed by atoms with van der Waals surface area (Å²) in [5, 5.41) is 13.6. The lowest BCUT2D eigenvalue weighted by atomic mass is 10.0. The number of aliphatic imine (C=N–C) groups is 1. The number of nitriles is 1. The molecule has 35 heavy (non-hydrogen) atoms. The molecule has 8 nitrogen and oxygen atoms in total. The van der Waals surface area contributed by atoms with Crippen LogP contribution in [0, 0.1) is 11.3 Å². The molecule has 0 amide bonds. The van der Waals surface area contributed by atoms with E-state index in [1.807, 2.05) is 30.3 Å². The molecule has 3 aromatic carbocycles. The van der Waals surface area contributed by atoms with Crippen molar-refractivity contribution >= 4 is 25.0 Å². The molecule has 0 aromatic heterocycles. The molecule has 1 aliphatic rings. The summed E-state index contributed by atoms with van der Waals surface area (Å²) in [7, 11) is -2.85. The Kier molecular flexibility index (Phi) is 7.41. The van der Waals surface area contributed by atoms with Crippen molar-refractivity contribution in [2.75, 3.05) is 7.11 Å². The van der Waals surface area contributed by atoms with Gasteiger partial charge in [-0.25, -0.2) is 4.99 Å². The molecule has 1 aliphatic heterocycles. The van der Waals surface area contributed by atoms with Gasteiger partial charge in [0.2, 0.25) is 5.90 Å². The fourth-order valence-corrected chi connectivity index (χ4v) is 4.09. The Morgan fingerprint density at radius 2 is 1.40 bits per heavy atom. The van der Waals surface area contributed by atoms with Crippen molar-refractivity contribution in [3.05, 3.63) is 114 Å². The number of phosphoric acid groups is 1. The molecule has 3 aromatic rings. The molecule has 0 fully saturated rings. The van der Waals surface area contributed by atoms with Crippen molar-refractivity contribution in [3.63, 3.8) is 0 Å². The van der Waals surface area contributed by atoms with E-state index in [9.17, 15) is 9.83 Å². The maximum atomic E-state index is 13.5. The van der Waals surface area contributed by atoms with Gasteiger partial charge < -0.3 is 13.8 Å². The van der Waals surface area contributed by atoms with Crippen LogP contribution < -0.4 is 9.05 Å². The molecule has 1 heterocycles. The first-order valence-corrected chi connectivity index (χ1v) is 11.9. The Morgan fingerprint density at radius 3 is 1.91 bits per heavy atom. The van der Waals surface area contributed by atoms with Gasteiger partial charge in [-0.15, -0.1) is 0 Å². The van der Waals surface area contributed by atoms with Crippen LogP contribution in [-0.2, 0) is 13.9 Å². The van der Waals surface area contributed by atoms with E-state index in [-0.39, 0.29) is 23.1 Å². The minimum absolute atomic E-state index is 0.0668. The summed E-state index contributed by atoms with van der Waals surface area (Å²) in [4.78, 5) is 4.38. The summed E-state index contributed by atoms with van der Waals surface area (Å²) < 4.78 is 35.2. The lowest BCUT2D eigenvalue weighted by molar-refractivity contribution is 0.218. The van der Waals surface area contributed by atoms with E-state index in [0.717, 1.165) is 0 Å². The van der Waals surface area contributed by atoms with Crippen molar-refractivity contribution in [3.8, 4) is 17.6 Å². The van der Waals surface area contributed by atoms with Crippen LogP contribution in [0.25, 0.3) is 5.57 Å². The number of phosphoric ester groups is 1. The molecule has 9 heteroatoms. The third-order valence-corrected chi connectivity index (χ3v) is 5.77. The zero-order valence-corrected chi connectivity index (χ0v) is 19.5. The number of methoxy groups -OCH3 is 1. The fourth-order valence-electron chi connectivity index (χ4n) is 3.03. The second-order valence-corrected chi connectivity index (χ2v) is 8.43. The van der Waals surface area contributed by atoms with E-state index in [1.165, 1.54) is 13.2 Å². The minimum atomic E-state index is -4.25. The molecule has 0 aliphatic carbocycles. The Bertz CT molecular complexity index is 1330. The van der Waals surface area contributed by atoms with E-state index in [2.05, 4.69) is 16.2 Å². The lowest BCUT2D eigenvalue weighted by Gasteiger charge is -2.17. The van der Waals surface area contributed by atoms with Crippen LogP contribution in [-0.4, -0.2) is 18.7 Å². The maximum Gasteiger partial charge on any atom is 0.668 e. The quantitative estimate of drug-likeness (QED) is 0.225. The molecule has 0 spiro atoms. The highest BCUT2D eigenvalue weighted by molar-refractivity contribution is 7.49. The summed E-state index contributed by atoms with van der Waals surface area (Å²) in [5.74, 6) is 0.620. The van der Waals surface area contributed by atoms with Crippen LogP contribution in [0.1, 0.15) is 5.56 Å². The van der Waals surface area contributed by atoms with Gasteiger partial charge in [-0.2, -0.15) is 9.83 Å². The molecule has 0 atom stereocenters. The average Bonchev–Trinajstić information content (AvgIpc) is 2.90. The predicted molar refractivity (Wildman–Crippen MR) is 133 cm³/mol. The first-order chi connectivity index (χ1) is 17.1. The van der Waals surface area contributed by atoms with E-state index >= 15 is 0 Å². The van der Waals surface area contributed by atoms with Crippen LogP contribution >= 0.6 is 7.82 Å². The Morgan fingerprint density at radius 1 is 0.857 bits per heavy atom. The highest BCUT2D eigenvalue weighted by Gasteiger charge is 2.34. The number of ether oxygens (including phenoxy) is 1. The van der Waals surface area contributed by atoms with E-state index in [4.69, 9.17) is 18.4 Å². The van der Waals surface area contributed by atoms with Gasteiger partial charge in [0, 0.05) is 0 Å². The number of para-hydroxylation sites is 2. The third kappa shape index (κ3) is 6.05. The topological polar surface area (TPSA) is 102 Å². The minimum Gasteiger partial charge on any atom is -0.479 e. The second kappa shape index (κ2) is 11.0. The highest BCUT2D eigenvalue weighted by atomic mass is 31.2. The molecule has 4 rings (SSSR count). The van der Waals surface area contributed by atoms with Crippen LogP contribution in [0.2, 0.25) is 0 Å². The zero-order chi connectivity index (χ0) is 24.5. The molecule has 0 radical (unpaired) electrons. The number of dihydropyridines is 1. The molecule has 0 saturated carbocycles. The van der Waals surface area contributed by atoms with Crippen molar-refractivity contribution in [2.45, 2.75) is 0 Å². The number of oxime groups is 1. The standard InChI is InChI=1S/C26H20N3O5P/c1-31-26-25(18-17-24(28-26)23(19-27)20-11-5-2-6-12-20)29-34-35(30,32-21-13-7-3-8-14-21)33-22-15-9-4-10-16-22/h2-18H,1H3/b24-23-,29-25+. The number of hydrogen-bond donors (Lipinski definition) is 0. The van der Waals surface area contributed by atoms with Crippen molar-refractivity contribution in [1.82, 2.24) is 0 Å². The van der Waals surface area contributed by atoms with E-state index < -0.39 is 7.82 Å². The number of allylic oxidation sites excluding steroid dienone is 2. The Labute approximate surface area is 202 Å². The van der Waals surface area contributed by atoms with Gasteiger partial charge in [-0.1, -0.05) is 71.9 Å². The number of rotatable bonds is 7. The first kappa shape index (κ1) is 23.6. The van der Waals surface area contributed by atoms with Gasteiger partial charge in [-0.3, -0.25) is 4.62 Å². The third-order valence-electron chi connectivity index (χ3n) is 4.62. The monoisotopic (exact) mass is 485 g/mol. The van der Waals surface area contributed by atoms with Gasteiger partial charge in [0.15, 0.2) is 5.71 Å². The van der Waals surface area contributed by atoms with Crippen molar-refractivity contribution < 1.29 is 23.0 Å². The van der Waals surface area contributed by atoms with Crippen molar-refractivity contribution in [2.24, 2.45) is 10.1 Å². The SMILES string of the molecule is COC1=NC(=C(/C#N)c2ccccc2)/C=CC/1=N\OP(=O)(Oc1ccccc1)Oc1ccccc1. The molecule has 0 bridgehead atoms. The summed E-state index contributed by atoms with van der Waals surface area (Å²) in [5.41, 5.74) is 1.60. The normalized spacial score (nSPS) is 15.5. The highest BCUT2D eigenvalue weighted by Crippen LogP contribution is 2.50. The second-order valence-electron chi connectivity index (χ2n) is 7.01. The molecular formula is C26H20N3O5P. The molecular weight excluding hydrogens is 465 g/mol. The van der Waals surface area contributed by atoms with Crippen LogP contribution in [0.5, 0.6) is 11.5 Å². The zero-order valence-electron chi connectivity index (χ0n) is 18.6. The number of nitrogens with zero attached hydrogens (tertiary/aromatic N) is 3. The van der Waals surface area contributed by atoms with E-state index in [0.29, 0.717) is 16.8 Å². The first-order valence-electron chi connectivity index (χ1n) is 10.5. The Balaban J connectivity index is 1.63. The molecule has 0 saturated heterocycles. The van der Waals surface area contributed by atoms with Crippen molar-refractivity contribution in [1.29, 1.82) is 5.26 Å². The molecule has 0 unspecified atom stereocenters. The summed E-state index contributed by atoms with van der Waals surface area (Å²) in [6.45, 7) is 0. The predicted octanol–water partition coefficient (Wildman–Crippen LogP) is 6.17. The average molecular weight is 485 g/mol. The van der Waals surface area contributed by atoms with Gasteiger partial charge in [0.25, 0.3) is 0 Å². The van der Waals surface area contributed by atoms with Gasteiger partial charge >= 0.3 is 7.82 Å². The van der Waals surface area contributed by atoms with Gasteiger partial charge in [0.1, 0.15) is 17.6 Å². The van der Waals surface area contributed by atoms with Crippen LogP contribution in [0.3, 0.4) is 0 Å². The maximum absolute atomic E-state index is 13.5. The van der Waals surface area contributed by atoms with Crippen LogP contribution in [0.4, 0.5) is 0 Å². The number of benzene rings is 3. The number of hydrogen-bond acceptors (Lipinski definition) is 8. The van der Waals surface area contributed by atoms with E-state index in [1.54, 1.807) is 66.7 Å². The summed E-state index contributed by atoms with van der Waals surface area (Å²) in [6.07, 6.45) is 3.13. The Hall–Kier alpha value is -4.60. The smallest absolute Gasteiger partial charge is 0.479 e. The summed E-state index contributed by atoms with van der Waals surface area (Å²) >= 11 is 0. The fraction of sp³-hybridized carbons (Fsp3) is 0.0385. The van der Waals surface area contributed by atoms with Crippen LogP contribution in [0.15, 0.2) is 119 Å². The molecule has 174 valence electrons. The summed E-state index contributed by atoms with van der Waals surface area (Å²) in [6, 6.07) is 28.3. The molecule has 0 N–H and O–H groups in total. The largest absolute Gasteiger partial charge is 0.668 e.